The van der Waals surface area contributed by atoms with Gasteiger partial charge in [-0.05, 0) is 25.7 Å². The smallest absolute Gasteiger partial charge is 0.358 e. The average molecular weight is 312 g/mol. The van der Waals surface area contributed by atoms with Crippen LogP contribution in [-0.4, -0.2) is 48.1 Å². The van der Waals surface area contributed by atoms with Gasteiger partial charge in [0.2, 0.25) is 0 Å². The Balaban J connectivity index is 2.26. The molecule has 1 aliphatic heterocycles. The molecule has 116 valence electrons. The van der Waals surface area contributed by atoms with Crippen LogP contribution in [0, 0.1) is 5.92 Å². The molecule has 2 rings (SSSR count). The van der Waals surface area contributed by atoms with Crippen LogP contribution in [-0.2, 0) is 4.74 Å². The zero-order chi connectivity index (χ0) is 15.4. The molecule has 0 saturated carbocycles. The summed E-state index contributed by atoms with van der Waals surface area (Å²) in [7, 11) is 0. The highest BCUT2D eigenvalue weighted by Gasteiger charge is 2.27. The van der Waals surface area contributed by atoms with Gasteiger partial charge in [-0.2, -0.15) is 0 Å². The fraction of sp³-hybridized carbons (Fsp3) is 0.643. The van der Waals surface area contributed by atoms with Gasteiger partial charge in [-0.1, -0.05) is 11.3 Å². The molecule has 0 spiro atoms. The van der Waals surface area contributed by atoms with Gasteiger partial charge in [0.15, 0.2) is 16.6 Å². The third-order valence-electron chi connectivity index (χ3n) is 3.45. The van der Waals surface area contributed by atoms with Crippen molar-refractivity contribution in [2.45, 2.75) is 26.7 Å². The van der Waals surface area contributed by atoms with Crippen LogP contribution in [0.15, 0.2) is 0 Å². The lowest BCUT2D eigenvalue weighted by Crippen LogP contribution is -2.36. The van der Waals surface area contributed by atoms with E-state index in [0.717, 1.165) is 19.4 Å². The second-order valence-corrected chi connectivity index (χ2v) is 6.07. The lowest BCUT2D eigenvalue weighted by molar-refractivity contribution is 0.0517. The second kappa shape index (κ2) is 7.00. The van der Waals surface area contributed by atoms with Crippen LogP contribution >= 0.6 is 11.3 Å². The first-order valence-electron chi connectivity index (χ1n) is 7.11. The molecule has 6 nitrogen and oxygen atoms in total. The molecule has 1 fully saturated rings. The first-order chi connectivity index (χ1) is 10.1. The number of ketones is 1. The van der Waals surface area contributed by atoms with E-state index in [4.69, 9.17) is 4.74 Å². The minimum Gasteiger partial charge on any atom is -0.461 e. The van der Waals surface area contributed by atoms with E-state index >= 15 is 0 Å². The number of aliphatic hydroxyl groups is 1. The van der Waals surface area contributed by atoms with Crippen LogP contribution < -0.4 is 4.90 Å². The summed E-state index contributed by atoms with van der Waals surface area (Å²) in [5, 5.41) is 9.94. The summed E-state index contributed by atoms with van der Waals surface area (Å²) in [4.78, 5) is 30.3. The van der Waals surface area contributed by atoms with Crippen LogP contribution in [0.2, 0.25) is 0 Å². The first-order valence-corrected chi connectivity index (χ1v) is 7.93. The number of carbonyl (C=O) groups excluding carboxylic acids is 2. The van der Waals surface area contributed by atoms with Gasteiger partial charge in [-0.15, -0.1) is 0 Å². The summed E-state index contributed by atoms with van der Waals surface area (Å²) in [6.07, 6.45) is 1.96. The maximum absolute atomic E-state index is 11.9. The molecule has 0 aromatic carbocycles. The van der Waals surface area contributed by atoms with Crippen molar-refractivity contribution in [2.75, 3.05) is 31.2 Å². The highest BCUT2D eigenvalue weighted by atomic mass is 32.1. The zero-order valence-electron chi connectivity index (χ0n) is 12.3. The molecule has 2 heterocycles. The van der Waals surface area contributed by atoms with Crippen molar-refractivity contribution < 1.29 is 19.4 Å². The second-order valence-electron chi connectivity index (χ2n) is 5.09. The minimum atomic E-state index is -0.555. The van der Waals surface area contributed by atoms with Crippen molar-refractivity contribution in [1.29, 1.82) is 0 Å². The molecule has 1 saturated heterocycles. The Labute approximate surface area is 127 Å². The van der Waals surface area contributed by atoms with Crippen LogP contribution in [0.4, 0.5) is 5.13 Å². The molecule has 0 radical (unpaired) electrons. The van der Waals surface area contributed by atoms with E-state index in [1.807, 2.05) is 4.90 Å². The molecule has 0 amide bonds. The van der Waals surface area contributed by atoms with Crippen molar-refractivity contribution in [3.8, 4) is 0 Å². The number of piperidine rings is 1. The molecule has 1 unspecified atom stereocenters. The van der Waals surface area contributed by atoms with Gasteiger partial charge < -0.3 is 14.7 Å². The number of nitrogens with zero attached hydrogens (tertiary/aromatic N) is 2. The normalized spacial score (nSPS) is 18.6. The van der Waals surface area contributed by atoms with Crippen LogP contribution in [0.3, 0.4) is 0 Å². The molecule has 0 aliphatic carbocycles. The maximum Gasteiger partial charge on any atom is 0.358 e. The van der Waals surface area contributed by atoms with Crippen molar-refractivity contribution >= 4 is 28.2 Å². The number of aromatic nitrogens is 1. The molecule has 1 atom stereocenters. The maximum atomic E-state index is 11.9. The quantitative estimate of drug-likeness (QED) is 0.659. The van der Waals surface area contributed by atoms with Gasteiger partial charge in [0.1, 0.15) is 4.88 Å². The van der Waals surface area contributed by atoms with Crippen LogP contribution in [0.5, 0.6) is 0 Å². The monoisotopic (exact) mass is 312 g/mol. The molecule has 1 aromatic rings. The zero-order valence-corrected chi connectivity index (χ0v) is 13.1. The third-order valence-corrected chi connectivity index (χ3v) is 4.67. The molecule has 1 N–H and O–H groups in total. The van der Waals surface area contributed by atoms with Gasteiger partial charge in [-0.3, -0.25) is 4.79 Å². The number of aliphatic hydroxyl groups excluding tert-OH is 1. The summed E-state index contributed by atoms with van der Waals surface area (Å²) in [6.45, 7) is 5.06. The minimum absolute atomic E-state index is 0.107. The molecule has 1 aromatic heterocycles. The number of ether oxygens (including phenoxy) is 1. The molecule has 7 heteroatoms. The Kier molecular flexibility index (Phi) is 5.30. The fourth-order valence-electron chi connectivity index (χ4n) is 2.41. The number of rotatable bonds is 5. The van der Waals surface area contributed by atoms with Gasteiger partial charge in [0.25, 0.3) is 0 Å². The number of Topliss-reactive ketones (excluding diaryl/α,β-unsaturated/α-hetero) is 1. The van der Waals surface area contributed by atoms with E-state index in [2.05, 4.69) is 4.98 Å². The van der Waals surface area contributed by atoms with Crippen molar-refractivity contribution in [3.05, 3.63) is 10.6 Å². The Hall–Kier alpha value is -1.47. The van der Waals surface area contributed by atoms with E-state index in [9.17, 15) is 14.7 Å². The van der Waals surface area contributed by atoms with Crippen molar-refractivity contribution in [2.24, 2.45) is 5.92 Å². The SMILES string of the molecule is CCOC(=O)c1nc(N2CCCC(CO)C2)sc1C(C)=O. The number of hydrogen-bond acceptors (Lipinski definition) is 7. The summed E-state index contributed by atoms with van der Waals surface area (Å²) < 4.78 is 4.96. The van der Waals surface area contributed by atoms with Gasteiger partial charge in [0, 0.05) is 26.6 Å². The van der Waals surface area contributed by atoms with Crippen molar-refractivity contribution in [3.63, 3.8) is 0 Å². The predicted molar refractivity (Wildman–Crippen MR) is 80.1 cm³/mol. The standard InChI is InChI=1S/C14H20N2O4S/c1-3-20-13(19)11-12(9(2)18)21-14(15-11)16-6-4-5-10(7-16)8-17/h10,17H,3-8H2,1-2H3. The Bertz CT molecular complexity index is 529. The number of esters is 1. The van der Waals surface area contributed by atoms with E-state index < -0.39 is 5.97 Å². The average Bonchev–Trinajstić information content (AvgIpc) is 2.93. The van der Waals surface area contributed by atoms with Crippen LogP contribution in [0.1, 0.15) is 46.8 Å². The molecule has 1 aliphatic rings. The largest absolute Gasteiger partial charge is 0.461 e. The first kappa shape index (κ1) is 15.9. The van der Waals surface area contributed by atoms with E-state index in [1.54, 1.807) is 6.92 Å². The summed E-state index contributed by atoms with van der Waals surface area (Å²) in [6, 6.07) is 0. The highest BCUT2D eigenvalue weighted by molar-refractivity contribution is 7.17. The highest BCUT2D eigenvalue weighted by Crippen LogP contribution is 2.30. The van der Waals surface area contributed by atoms with Gasteiger partial charge in [-0.25, -0.2) is 9.78 Å². The lowest BCUT2D eigenvalue weighted by Gasteiger charge is -2.31. The Morgan fingerprint density at radius 1 is 1.52 bits per heavy atom. The fourth-order valence-corrected chi connectivity index (χ4v) is 3.39. The third kappa shape index (κ3) is 3.59. The van der Waals surface area contributed by atoms with E-state index in [0.29, 0.717) is 16.6 Å². The molecule has 0 bridgehead atoms. The van der Waals surface area contributed by atoms with E-state index in [1.165, 1.54) is 18.3 Å². The Morgan fingerprint density at radius 3 is 2.90 bits per heavy atom. The van der Waals surface area contributed by atoms with Gasteiger partial charge in [0.05, 0.1) is 6.61 Å². The molecule has 21 heavy (non-hydrogen) atoms. The van der Waals surface area contributed by atoms with E-state index in [-0.39, 0.29) is 30.6 Å². The number of carbonyl (C=O) groups is 2. The number of thiazole rings is 1. The summed E-state index contributed by atoms with van der Waals surface area (Å²) >= 11 is 1.22. The number of anilines is 1. The predicted octanol–water partition coefficient (Wildman–Crippen LogP) is 1.73. The van der Waals surface area contributed by atoms with Gasteiger partial charge >= 0.3 is 5.97 Å². The van der Waals surface area contributed by atoms with Crippen molar-refractivity contribution in [1.82, 2.24) is 4.98 Å². The molecular weight excluding hydrogens is 292 g/mol. The topological polar surface area (TPSA) is 79.7 Å². The molecular formula is C14H20N2O4S. The summed E-state index contributed by atoms with van der Waals surface area (Å²) in [5.74, 6) is -0.520. The Morgan fingerprint density at radius 2 is 2.29 bits per heavy atom. The lowest BCUT2D eigenvalue weighted by atomic mass is 10.00. The summed E-state index contributed by atoms with van der Waals surface area (Å²) in [5.41, 5.74) is 0.107. The number of hydrogen-bond donors (Lipinski definition) is 1. The van der Waals surface area contributed by atoms with Crippen LogP contribution in [0.25, 0.3) is 0 Å².